The van der Waals surface area contributed by atoms with Crippen molar-refractivity contribution in [1.82, 2.24) is 19.5 Å². The molecular weight excluding hydrogens is 259 g/mol. The van der Waals surface area contributed by atoms with Gasteiger partial charge in [0.1, 0.15) is 5.69 Å². The Hall–Kier alpha value is -2.12. The lowest BCUT2D eigenvalue weighted by Gasteiger charge is -2.10. The number of hydrogen-bond donors (Lipinski definition) is 1. The van der Waals surface area contributed by atoms with E-state index in [9.17, 15) is 13.2 Å². The number of imidazole rings is 1. The number of nitrogens with zero attached hydrogens (tertiary/aromatic N) is 4. The lowest BCUT2D eigenvalue weighted by Crippen LogP contribution is -2.12. The first-order chi connectivity index (χ1) is 8.95. The molecule has 102 valence electrons. The Morgan fingerprint density at radius 1 is 1.32 bits per heavy atom. The summed E-state index contributed by atoms with van der Waals surface area (Å²) >= 11 is 0. The highest BCUT2D eigenvalue weighted by atomic mass is 19.4. The van der Waals surface area contributed by atoms with Crippen LogP contribution >= 0.6 is 0 Å². The first-order valence-corrected chi connectivity index (χ1v) is 5.61. The molecule has 0 aliphatic heterocycles. The molecular formula is C11H12F3N5. The summed E-state index contributed by atoms with van der Waals surface area (Å²) in [6.45, 7) is 2.46. The summed E-state index contributed by atoms with van der Waals surface area (Å²) in [7, 11) is 1.46. The van der Waals surface area contributed by atoms with Gasteiger partial charge in [-0.1, -0.05) is 0 Å². The second-order valence-electron chi connectivity index (χ2n) is 3.75. The van der Waals surface area contributed by atoms with Gasteiger partial charge < -0.3 is 9.88 Å². The van der Waals surface area contributed by atoms with E-state index in [0.29, 0.717) is 12.4 Å². The van der Waals surface area contributed by atoms with Gasteiger partial charge in [-0.3, -0.25) is 0 Å². The third kappa shape index (κ3) is 2.67. The maximum Gasteiger partial charge on any atom is 0.433 e. The van der Waals surface area contributed by atoms with Crippen LogP contribution in [0.25, 0.3) is 11.5 Å². The van der Waals surface area contributed by atoms with Crippen molar-refractivity contribution in [2.75, 3.05) is 12.4 Å². The zero-order valence-electron chi connectivity index (χ0n) is 10.4. The molecule has 0 aliphatic rings. The minimum absolute atomic E-state index is 0.0875. The van der Waals surface area contributed by atoms with E-state index in [1.807, 2.05) is 6.92 Å². The van der Waals surface area contributed by atoms with E-state index in [0.717, 1.165) is 6.07 Å². The standard InChI is InChI=1S/C11H12F3N5/c1-3-19-5-4-16-9(19)7-6-8(11(12,13)14)18-10(15-2)17-7/h4-6H,3H2,1-2H3,(H,15,17,18). The number of nitrogens with one attached hydrogen (secondary N) is 1. The molecule has 2 heterocycles. The van der Waals surface area contributed by atoms with Crippen molar-refractivity contribution in [3.63, 3.8) is 0 Å². The topological polar surface area (TPSA) is 55.6 Å². The molecule has 0 saturated carbocycles. The fraction of sp³-hybridized carbons (Fsp3) is 0.364. The Labute approximate surface area is 107 Å². The highest BCUT2D eigenvalue weighted by Crippen LogP contribution is 2.30. The monoisotopic (exact) mass is 271 g/mol. The smallest absolute Gasteiger partial charge is 0.357 e. The van der Waals surface area contributed by atoms with Crippen LogP contribution in [0.5, 0.6) is 0 Å². The molecule has 2 rings (SSSR count). The van der Waals surface area contributed by atoms with Crippen LogP contribution in [0.4, 0.5) is 19.1 Å². The van der Waals surface area contributed by atoms with Crippen molar-refractivity contribution in [1.29, 1.82) is 0 Å². The van der Waals surface area contributed by atoms with Crippen molar-refractivity contribution in [2.45, 2.75) is 19.6 Å². The highest BCUT2D eigenvalue weighted by molar-refractivity contribution is 5.53. The molecule has 0 spiro atoms. The molecule has 0 amide bonds. The Morgan fingerprint density at radius 2 is 2.05 bits per heavy atom. The van der Waals surface area contributed by atoms with Crippen molar-refractivity contribution >= 4 is 5.95 Å². The summed E-state index contributed by atoms with van der Waals surface area (Å²) < 4.78 is 40.0. The fourth-order valence-electron chi connectivity index (χ4n) is 1.62. The van der Waals surface area contributed by atoms with Crippen molar-refractivity contribution in [2.24, 2.45) is 0 Å². The van der Waals surface area contributed by atoms with Crippen LogP contribution in [0.2, 0.25) is 0 Å². The molecule has 5 nitrogen and oxygen atoms in total. The van der Waals surface area contributed by atoms with Crippen LogP contribution in [-0.2, 0) is 12.7 Å². The number of aromatic nitrogens is 4. The number of anilines is 1. The predicted molar refractivity (Wildman–Crippen MR) is 63.5 cm³/mol. The van der Waals surface area contributed by atoms with Gasteiger partial charge in [0.05, 0.1) is 0 Å². The Kier molecular flexibility index (Phi) is 3.41. The van der Waals surface area contributed by atoms with Crippen LogP contribution < -0.4 is 5.32 Å². The molecule has 0 atom stereocenters. The van der Waals surface area contributed by atoms with Crippen LogP contribution in [0.1, 0.15) is 12.6 Å². The van der Waals surface area contributed by atoms with Crippen molar-refractivity contribution in [3.05, 3.63) is 24.2 Å². The lowest BCUT2D eigenvalue weighted by molar-refractivity contribution is -0.141. The van der Waals surface area contributed by atoms with Gasteiger partial charge >= 0.3 is 6.18 Å². The molecule has 0 unspecified atom stereocenters. The Morgan fingerprint density at radius 3 is 2.63 bits per heavy atom. The van der Waals surface area contributed by atoms with Crippen LogP contribution in [0.15, 0.2) is 18.5 Å². The van der Waals surface area contributed by atoms with Crippen LogP contribution in [0, 0.1) is 0 Å². The van der Waals surface area contributed by atoms with Gasteiger partial charge in [0, 0.05) is 26.0 Å². The number of hydrogen-bond acceptors (Lipinski definition) is 4. The van der Waals surface area contributed by atoms with Gasteiger partial charge in [-0.2, -0.15) is 13.2 Å². The van der Waals surface area contributed by atoms with E-state index >= 15 is 0 Å². The zero-order valence-corrected chi connectivity index (χ0v) is 10.4. The molecule has 1 N–H and O–H groups in total. The van der Waals surface area contributed by atoms with Crippen LogP contribution in [-0.4, -0.2) is 26.6 Å². The largest absolute Gasteiger partial charge is 0.433 e. The highest BCUT2D eigenvalue weighted by Gasteiger charge is 2.34. The predicted octanol–water partition coefficient (Wildman–Crippen LogP) is 2.42. The molecule has 2 aromatic rings. The lowest BCUT2D eigenvalue weighted by atomic mass is 10.3. The summed E-state index contributed by atoms with van der Waals surface area (Å²) in [5.74, 6) is 0.294. The molecule has 0 aromatic carbocycles. The molecule has 0 radical (unpaired) electrons. The number of halogens is 3. The Bertz CT molecular complexity index is 576. The van der Waals surface area contributed by atoms with E-state index in [-0.39, 0.29) is 11.6 Å². The maximum absolute atomic E-state index is 12.8. The molecule has 19 heavy (non-hydrogen) atoms. The zero-order chi connectivity index (χ0) is 14.0. The number of rotatable bonds is 3. The molecule has 0 bridgehead atoms. The quantitative estimate of drug-likeness (QED) is 0.931. The summed E-state index contributed by atoms with van der Waals surface area (Å²) in [6.07, 6.45) is -1.32. The van der Waals surface area contributed by atoms with E-state index in [1.54, 1.807) is 10.8 Å². The molecule has 0 fully saturated rings. The second-order valence-corrected chi connectivity index (χ2v) is 3.75. The first-order valence-electron chi connectivity index (χ1n) is 5.61. The molecule has 0 aliphatic carbocycles. The summed E-state index contributed by atoms with van der Waals surface area (Å²) in [5.41, 5.74) is -0.856. The maximum atomic E-state index is 12.8. The summed E-state index contributed by atoms with van der Waals surface area (Å²) in [4.78, 5) is 11.4. The average Bonchev–Trinajstić information content (AvgIpc) is 2.85. The minimum atomic E-state index is -4.52. The number of aryl methyl sites for hydroxylation is 1. The normalized spacial score (nSPS) is 11.6. The molecule has 0 saturated heterocycles. The van der Waals surface area contributed by atoms with E-state index < -0.39 is 11.9 Å². The van der Waals surface area contributed by atoms with E-state index in [2.05, 4.69) is 20.3 Å². The Balaban J connectivity index is 2.57. The van der Waals surface area contributed by atoms with Gasteiger partial charge in [-0.05, 0) is 13.0 Å². The van der Waals surface area contributed by atoms with Crippen molar-refractivity contribution in [3.8, 4) is 11.5 Å². The SMILES string of the molecule is CCn1ccnc1-c1cc(C(F)(F)F)nc(NC)n1. The van der Waals surface area contributed by atoms with Gasteiger partial charge in [0.2, 0.25) is 5.95 Å². The van der Waals surface area contributed by atoms with Crippen molar-refractivity contribution < 1.29 is 13.2 Å². The molecule has 2 aromatic heterocycles. The third-order valence-electron chi connectivity index (χ3n) is 2.53. The van der Waals surface area contributed by atoms with E-state index in [4.69, 9.17) is 0 Å². The van der Waals surface area contributed by atoms with Crippen LogP contribution in [0.3, 0.4) is 0 Å². The van der Waals surface area contributed by atoms with Gasteiger partial charge in [-0.25, -0.2) is 15.0 Å². The fourth-order valence-corrected chi connectivity index (χ4v) is 1.62. The summed E-state index contributed by atoms with van der Waals surface area (Å²) in [6, 6.07) is 0.898. The number of alkyl halides is 3. The molecule has 8 heteroatoms. The first kappa shape index (κ1) is 13.3. The minimum Gasteiger partial charge on any atom is -0.357 e. The second kappa shape index (κ2) is 4.87. The van der Waals surface area contributed by atoms with Gasteiger partial charge in [-0.15, -0.1) is 0 Å². The van der Waals surface area contributed by atoms with E-state index in [1.165, 1.54) is 13.2 Å². The summed E-state index contributed by atoms with van der Waals surface area (Å²) in [5, 5.41) is 2.52. The third-order valence-corrected chi connectivity index (χ3v) is 2.53. The average molecular weight is 271 g/mol. The van der Waals surface area contributed by atoms with Gasteiger partial charge in [0.15, 0.2) is 11.5 Å². The van der Waals surface area contributed by atoms with Gasteiger partial charge in [0.25, 0.3) is 0 Å².